The van der Waals surface area contributed by atoms with Crippen molar-refractivity contribution in [3.8, 4) is 6.07 Å². The van der Waals surface area contributed by atoms with E-state index in [1.165, 1.54) is 19.1 Å². The molecule has 3 rings (SSSR count). The number of rotatable bonds is 13. The molecule has 0 aliphatic heterocycles. The molecule has 0 spiro atoms. The van der Waals surface area contributed by atoms with Gasteiger partial charge in [-0.25, -0.2) is 0 Å². The summed E-state index contributed by atoms with van der Waals surface area (Å²) in [4.78, 5) is 52.0. The average Bonchev–Trinajstić information content (AvgIpc) is 3.45. The molecule has 4 amide bonds. The number of carbonyl (C=O) groups excluding carboxylic acids is 4. The lowest BCUT2D eigenvalue weighted by molar-refractivity contribution is -0.131. The van der Waals surface area contributed by atoms with Gasteiger partial charge in [-0.15, -0.1) is 0 Å². The van der Waals surface area contributed by atoms with Crippen LogP contribution in [0.25, 0.3) is 6.08 Å². The number of aryl methyl sites for hydroxylation is 2. The van der Waals surface area contributed by atoms with Crippen molar-refractivity contribution in [3.63, 3.8) is 0 Å². The number of benzene rings is 2. The SMILES string of the molecule is Cc1cc(C(=O)N[C@H](C(=O)N[C@@H](CCc2cccc(/C=C(\C#N)C(=O)NC(C)(C)C)c2)C(=O)NCc2ccccc2Cl)[C@@H](C)O)no1. The Morgan fingerprint density at radius 1 is 1.06 bits per heavy atom. The van der Waals surface area contributed by atoms with Crippen molar-refractivity contribution in [2.24, 2.45) is 0 Å². The summed E-state index contributed by atoms with van der Waals surface area (Å²) in [7, 11) is 0. The standard InChI is InChI=1S/C34H39ClN6O6/c1-20-15-28(41-47-20)32(45)39-29(21(2)42)33(46)38-27(31(44)37-19-24-11-6-7-12-26(24)35)14-13-22-9-8-10-23(16-22)17-25(18-36)30(43)40-34(3,4)5/h6-12,15-17,21,27,29,42H,13-14,19H2,1-5H3,(H,37,44)(H,38,46)(H,39,45)(H,40,43)/b25-17+/t21-,27+,29+/m1/s1. The largest absolute Gasteiger partial charge is 0.391 e. The zero-order valence-electron chi connectivity index (χ0n) is 26.9. The first kappa shape index (κ1) is 36.5. The maximum absolute atomic E-state index is 13.4. The number of hydrogen-bond acceptors (Lipinski definition) is 8. The van der Waals surface area contributed by atoms with Crippen molar-refractivity contribution in [2.45, 2.75) is 77.7 Å². The van der Waals surface area contributed by atoms with Crippen molar-refractivity contribution >= 4 is 41.3 Å². The Kier molecular flexibility index (Phi) is 12.8. The lowest BCUT2D eigenvalue weighted by Gasteiger charge is -2.24. The number of aromatic nitrogens is 1. The topological polar surface area (TPSA) is 186 Å². The van der Waals surface area contributed by atoms with E-state index >= 15 is 0 Å². The summed E-state index contributed by atoms with van der Waals surface area (Å²) in [5.41, 5.74) is 1.39. The van der Waals surface area contributed by atoms with Gasteiger partial charge in [0.25, 0.3) is 11.8 Å². The number of carbonyl (C=O) groups is 4. The number of aliphatic hydroxyl groups is 1. The van der Waals surface area contributed by atoms with Gasteiger partial charge in [0.2, 0.25) is 11.8 Å². The van der Waals surface area contributed by atoms with Crippen molar-refractivity contribution in [2.75, 3.05) is 0 Å². The fourth-order valence-corrected chi connectivity index (χ4v) is 4.65. The number of nitrogens with zero attached hydrogens (tertiary/aromatic N) is 2. The number of aliphatic hydroxyl groups excluding tert-OH is 1. The van der Waals surface area contributed by atoms with E-state index in [1.54, 1.807) is 49.4 Å². The van der Waals surface area contributed by atoms with E-state index in [1.807, 2.05) is 32.9 Å². The molecule has 13 heteroatoms. The van der Waals surface area contributed by atoms with Crippen LogP contribution in [-0.2, 0) is 27.3 Å². The minimum Gasteiger partial charge on any atom is -0.391 e. The third kappa shape index (κ3) is 11.4. The first-order valence-corrected chi connectivity index (χ1v) is 15.3. The minimum absolute atomic E-state index is 0.0619. The quantitative estimate of drug-likeness (QED) is 0.136. The van der Waals surface area contributed by atoms with Crippen LogP contribution in [0.3, 0.4) is 0 Å². The molecule has 0 aliphatic carbocycles. The normalized spacial score (nSPS) is 13.4. The third-order valence-corrected chi connectivity index (χ3v) is 7.16. The van der Waals surface area contributed by atoms with Crippen LogP contribution < -0.4 is 21.3 Å². The van der Waals surface area contributed by atoms with Crippen LogP contribution in [0.1, 0.15) is 67.1 Å². The summed E-state index contributed by atoms with van der Waals surface area (Å²) in [6.07, 6.45) is 0.608. The molecule has 3 aromatic rings. The molecule has 0 bridgehead atoms. The summed E-state index contributed by atoms with van der Waals surface area (Å²) in [5, 5.41) is 34.7. The van der Waals surface area contributed by atoms with Gasteiger partial charge in [0, 0.05) is 23.2 Å². The molecule has 1 aromatic heterocycles. The number of amides is 4. The monoisotopic (exact) mass is 662 g/mol. The number of hydrogen-bond donors (Lipinski definition) is 5. The van der Waals surface area contributed by atoms with Gasteiger partial charge < -0.3 is 30.9 Å². The summed E-state index contributed by atoms with van der Waals surface area (Å²) in [5.74, 6) is -2.14. The molecule has 2 aromatic carbocycles. The molecule has 0 saturated heterocycles. The summed E-state index contributed by atoms with van der Waals surface area (Å²) >= 11 is 6.25. The molecule has 248 valence electrons. The van der Waals surface area contributed by atoms with E-state index < -0.39 is 47.4 Å². The second-order valence-corrected chi connectivity index (χ2v) is 12.4. The van der Waals surface area contributed by atoms with E-state index in [4.69, 9.17) is 16.1 Å². The average molecular weight is 663 g/mol. The van der Waals surface area contributed by atoms with Crippen LogP contribution in [0.15, 0.2) is 64.7 Å². The fraction of sp³-hybridized carbons (Fsp3) is 0.353. The predicted molar refractivity (Wildman–Crippen MR) is 176 cm³/mol. The van der Waals surface area contributed by atoms with Crippen molar-refractivity contribution < 1.29 is 28.8 Å². The molecule has 47 heavy (non-hydrogen) atoms. The highest BCUT2D eigenvalue weighted by Gasteiger charge is 2.31. The Balaban J connectivity index is 1.80. The van der Waals surface area contributed by atoms with Gasteiger partial charge in [0.1, 0.15) is 29.5 Å². The molecule has 1 heterocycles. The molecule has 0 aliphatic rings. The van der Waals surface area contributed by atoms with Crippen molar-refractivity contribution in [1.82, 2.24) is 26.4 Å². The van der Waals surface area contributed by atoms with Crippen LogP contribution in [0, 0.1) is 18.3 Å². The fourth-order valence-electron chi connectivity index (χ4n) is 4.44. The van der Waals surface area contributed by atoms with Gasteiger partial charge in [0.05, 0.1) is 6.10 Å². The smallest absolute Gasteiger partial charge is 0.274 e. The maximum Gasteiger partial charge on any atom is 0.274 e. The Morgan fingerprint density at radius 2 is 1.79 bits per heavy atom. The number of nitrogens with one attached hydrogen (secondary N) is 4. The zero-order chi connectivity index (χ0) is 34.7. The summed E-state index contributed by atoms with van der Waals surface area (Å²) in [6, 6.07) is 14.9. The van der Waals surface area contributed by atoms with Gasteiger partial charge in [-0.3, -0.25) is 19.2 Å². The molecular formula is C34H39ClN6O6. The predicted octanol–water partition coefficient (Wildman–Crippen LogP) is 3.37. The number of nitriles is 1. The Morgan fingerprint density at radius 3 is 2.40 bits per heavy atom. The van der Waals surface area contributed by atoms with Gasteiger partial charge >= 0.3 is 0 Å². The first-order valence-electron chi connectivity index (χ1n) is 14.9. The highest BCUT2D eigenvalue weighted by Crippen LogP contribution is 2.16. The molecule has 0 unspecified atom stereocenters. The van der Waals surface area contributed by atoms with Crippen molar-refractivity contribution in [1.29, 1.82) is 5.26 Å². The van der Waals surface area contributed by atoms with Crippen LogP contribution in [0.4, 0.5) is 0 Å². The van der Waals surface area contributed by atoms with Gasteiger partial charge in [-0.05, 0) is 76.3 Å². The Hall–Kier alpha value is -4.99. The van der Waals surface area contributed by atoms with E-state index in [9.17, 15) is 29.5 Å². The van der Waals surface area contributed by atoms with Crippen LogP contribution in [0.2, 0.25) is 5.02 Å². The minimum atomic E-state index is -1.41. The zero-order valence-corrected chi connectivity index (χ0v) is 27.6. The van der Waals surface area contributed by atoms with Gasteiger partial charge in [-0.1, -0.05) is 59.2 Å². The molecule has 5 N–H and O–H groups in total. The third-order valence-electron chi connectivity index (χ3n) is 6.79. The van der Waals surface area contributed by atoms with Crippen LogP contribution in [0.5, 0.6) is 0 Å². The molecule has 3 atom stereocenters. The first-order chi connectivity index (χ1) is 22.2. The molecule has 0 fully saturated rings. The van der Waals surface area contributed by atoms with Crippen molar-refractivity contribution in [3.05, 3.63) is 93.3 Å². The van der Waals surface area contributed by atoms with Gasteiger partial charge in [-0.2, -0.15) is 5.26 Å². The number of halogens is 1. The summed E-state index contributed by atoms with van der Waals surface area (Å²) < 4.78 is 4.92. The lowest BCUT2D eigenvalue weighted by atomic mass is 10.0. The molecular weight excluding hydrogens is 624 g/mol. The molecule has 0 saturated carbocycles. The summed E-state index contributed by atoms with van der Waals surface area (Å²) in [6.45, 7) is 8.48. The highest BCUT2D eigenvalue weighted by atomic mass is 35.5. The van der Waals surface area contributed by atoms with E-state index in [-0.39, 0.29) is 24.2 Å². The Labute approximate surface area is 278 Å². The molecule has 0 radical (unpaired) electrons. The van der Waals surface area contributed by atoms with Crippen LogP contribution >= 0.6 is 11.6 Å². The van der Waals surface area contributed by atoms with Crippen LogP contribution in [-0.4, -0.2) is 57.6 Å². The maximum atomic E-state index is 13.4. The lowest BCUT2D eigenvalue weighted by Crippen LogP contribution is -2.57. The van der Waals surface area contributed by atoms with E-state index in [0.717, 1.165) is 5.56 Å². The Bertz CT molecular complexity index is 1670. The highest BCUT2D eigenvalue weighted by molar-refractivity contribution is 6.31. The van der Waals surface area contributed by atoms with E-state index in [2.05, 4.69) is 26.4 Å². The van der Waals surface area contributed by atoms with E-state index in [0.29, 0.717) is 28.3 Å². The molecule has 12 nitrogen and oxygen atoms in total. The van der Waals surface area contributed by atoms with Gasteiger partial charge in [0.15, 0.2) is 5.69 Å². The second kappa shape index (κ2) is 16.5. The second-order valence-electron chi connectivity index (χ2n) is 12.0.